The van der Waals surface area contributed by atoms with Gasteiger partial charge in [-0.15, -0.1) is 0 Å². The minimum absolute atomic E-state index is 0.0000203. The highest BCUT2D eigenvalue weighted by molar-refractivity contribution is 5.77. The Morgan fingerprint density at radius 3 is 2.69 bits per heavy atom. The molecule has 1 heterocycles. The van der Waals surface area contributed by atoms with Crippen LogP contribution in [0.15, 0.2) is 0 Å². The minimum Gasteiger partial charge on any atom is -0.382 e. The highest BCUT2D eigenvalue weighted by Gasteiger charge is 2.35. The zero-order chi connectivity index (χ0) is 12.2. The van der Waals surface area contributed by atoms with Crippen molar-refractivity contribution in [1.82, 2.24) is 4.90 Å². The van der Waals surface area contributed by atoms with Gasteiger partial charge >= 0.3 is 0 Å². The van der Waals surface area contributed by atoms with Gasteiger partial charge in [0.05, 0.1) is 18.3 Å². The number of morpholine rings is 1. The van der Waals surface area contributed by atoms with E-state index >= 15 is 0 Å². The van der Waals surface area contributed by atoms with Crippen LogP contribution in [0, 0.1) is 0 Å². The van der Waals surface area contributed by atoms with E-state index in [-0.39, 0.29) is 24.2 Å². The van der Waals surface area contributed by atoms with Gasteiger partial charge in [-0.1, -0.05) is 0 Å². The van der Waals surface area contributed by atoms with Crippen LogP contribution < -0.4 is 0 Å². The Bertz CT molecular complexity index is 242. The average Bonchev–Trinajstić information content (AvgIpc) is 2.16. The van der Waals surface area contributed by atoms with Crippen LogP contribution in [0.1, 0.15) is 13.8 Å². The summed E-state index contributed by atoms with van der Waals surface area (Å²) in [6.07, 6.45) is -0.0606. The van der Waals surface area contributed by atoms with Gasteiger partial charge in [0.2, 0.25) is 5.91 Å². The van der Waals surface area contributed by atoms with Crippen LogP contribution in [0.5, 0.6) is 0 Å². The van der Waals surface area contributed by atoms with Crippen molar-refractivity contribution in [2.45, 2.75) is 25.6 Å². The summed E-state index contributed by atoms with van der Waals surface area (Å²) in [7, 11) is 3.16. The zero-order valence-electron chi connectivity index (χ0n) is 10.5. The highest BCUT2D eigenvalue weighted by atomic mass is 16.5. The van der Waals surface area contributed by atoms with E-state index in [4.69, 9.17) is 14.2 Å². The molecule has 1 saturated heterocycles. The van der Waals surface area contributed by atoms with Gasteiger partial charge in [-0.3, -0.25) is 4.79 Å². The molecule has 1 aliphatic heterocycles. The standard InChI is InChI=1S/C11H21NO4/c1-11(2)8-12(10(13)7-15-4)5-9(16-11)6-14-3/h9H,5-8H2,1-4H3/t9-/m0/s1. The van der Waals surface area contributed by atoms with Crippen molar-refractivity contribution in [1.29, 1.82) is 0 Å². The molecule has 0 radical (unpaired) electrons. The number of nitrogens with zero attached hydrogens (tertiary/aromatic N) is 1. The van der Waals surface area contributed by atoms with Crippen molar-refractivity contribution in [2.75, 3.05) is 40.5 Å². The minimum atomic E-state index is -0.329. The summed E-state index contributed by atoms with van der Waals surface area (Å²) in [5, 5.41) is 0. The number of ether oxygens (including phenoxy) is 3. The first-order valence-corrected chi connectivity index (χ1v) is 5.42. The lowest BCUT2D eigenvalue weighted by Crippen LogP contribution is -2.56. The lowest BCUT2D eigenvalue weighted by atomic mass is 10.1. The normalized spacial score (nSPS) is 24.5. The van der Waals surface area contributed by atoms with Crippen molar-refractivity contribution in [3.05, 3.63) is 0 Å². The second kappa shape index (κ2) is 5.61. The maximum Gasteiger partial charge on any atom is 0.248 e. The third-order valence-electron chi connectivity index (χ3n) is 2.45. The van der Waals surface area contributed by atoms with Gasteiger partial charge in [0.1, 0.15) is 6.61 Å². The van der Waals surface area contributed by atoms with Crippen LogP contribution in [0.25, 0.3) is 0 Å². The number of amides is 1. The molecule has 0 bridgehead atoms. The number of rotatable bonds is 4. The van der Waals surface area contributed by atoms with Gasteiger partial charge < -0.3 is 19.1 Å². The van der Waals surface area contributed by atoms with Crippen molar-refractivity contribution in [2.24, 2.45) is 0 Å². The smallest absolute Gasteiger partial charge is 0.248 e. The first-order valence-electron chi connectivity index (χ1n) is 5.42. The average molecular weight is 231 g/mol. The largest absolute Gasteiger partial charge is 0.382 e. The Hall–Kier alpha value is -0.650. The first kappa shape index (κ1) is 13.4. The fraction of sp³-hybridized carbons (Fsp3) is 0.909. The number of methoxy groups -OCH3 is 2. The molecule has 0 spiro atoms. The molecule has 0 aromatic rings. The Kier molecular flexibility index (Phi) is 4.70. The first-order chi connectivity index (χ1) is 7.48. The summed E-state index contributed by atoms with van der Waals surface area (Å²) in [6.45, 7) is 5.73. The van der Waals surface area contributed by atoms with E-state index in [0.29, 0.717) is 19.7 Å². The summed E-state index contributed by atoms with van der Waals surface area (Å²) in [5.41, 5.74) is -0.329. The molecule has 0 aromatic heterocycles. The summed E-state index contributed by atoms with van der Waals surface area (Å²) in [5.74, 6) is -0.0000203. The predicted octanol–water partition coefficient (Wildman–Crippen LogP) is 0.285. The predicted molar refractivity (Wildman–Crippen MR) is 59.3 cm³/mol. The van der Waals surface area contributed by atoms with Crippen molar-refractivity contribution in [3.63, 3.8) is 0 Å². The summed E-state index contributed by atoms with van der Waals surface area (Å²) in [4.78, 5) is 13.5. The van der Waals surface area contributed by atoms with Crippen molar-refractivity contribution in [3.8, 4) is 0 Å². The quantitative estimate of drug-likeness (QED) is 0.697. The Balaban J connectivity index is 2.61. The van der Waals surface area contributed by atoms with Crippen molar-refractivity contribution >= 4 is 5.91 Å². The van der Waals surface area contributed by atoms with Gasteiger partial charge in [-0.25, -0.2) is 0 Å². The fourth-order valence-corrected chi connectivity index (χ4v) is 1.97. The molecule has 0 unspecified atom stereocenters. The molecule has 1 atom stereocenters. The van der Waals surface area contributed by atoms with E-state index in [1.54, 1.807) is 12.0 Å². The van der Waals surface area contributed by atoms with Crippen LogP contribution in [-0.4, -0.2) is 63.0 Å². The molecule has 0 aromatic carbocycles. The van der Waals surface area contributed by atoms with Crippen LogP contribution in [0.2, 0.25) is 0 Å². The molecule has 16 heavy (non-hydrogen) atoms. The van der Waals surface area contributed by atoms with Crippen LogP contribution >= 0.6 is 0 Å². The maximum absolute atomic E-state index is 11.7. The third kappa shape index (κ3) is 3.73. The van der Waals surface area contributed by atoms with E-state index in [1.807, 2.05) is 13.8 Å². The second-order valence-electron chi connectivity index (χ2n) is 4.66. The molecular weight excluding hydrogens is 210 g/mol. The maximum atomic E-state index is 11.7. The number of hydrogen-bond acceptors (Lipinski definition) is 4. The molecule has 0 saturated carbocycles. The van der Waals surface area contributed by atoms with Gasteiger partial charge in [0.15, 0.2) is 0 Å². The van der Waals surface area contributed by atoms with E-state index in [1.165, 1.54) is 7.11 Å². The van der Waals surface area contributed by atoms with Crippen LogP contribution in [-0.2, 0) is 19.0 Å². The van der Waals surface area contributed by atoms with E-state index in [2.05, 4.69) is 0 Å². The summed E-state index contributed by atoms with van der Waals surface area (Å²) >= 11 is 0. The lowest BCUT2D eigenvalue weighted by molar-refractivity contribution is -0.171. The molecule has 5 heteroatoms. The van der Waals surface area contributed by atoms with E-state index < -0.39 is 0 Å². The fourth-order valence-electron chi connectivity index (χ4n) is 1.97. The van der Waals surface area contributed by atoms with Gasteiger partial charge in [0, 0.05) is 27.3 Å². The van der Waals surface area contributed by atoms with Crippen LogP contribution in [0.3, 0.4) is 0 Å². The lowest BCUT2D eigenvalue weighted by Gasteiger charge is -2.42. The molecule has 0 aliphatic carbocycles. The van der Waals surface area contributed by atoms with E-state index in [9.17, 15) is 4.79 Å². The van der Waals surface area contributed by atoms with Gasteiger partial charge in [-0.05, 0) is 13.8 Å². The number of carbonyl (C=O) groups is 1. The van der Waals surface area contributed by atoms with E-state index in [0.717, 1.165) is 0 Å². The van der Waals surface area contributed by atoms with Gasteiger partial charge in [-0.2, -0.15) is 0 Å². The number of hydrogen-bond donors (Lipinski definition) is 0. The molecular formula is C11H21NO4. The van der Waals surface area contributed by atoms with Crippen molar-refractivity contribution < 1.29 is 19.0 Å². The summed E-state index contributed by atoms with van der Waals surface area (Å²) < 4.78 is 15.7. The molecule has 1 fully saturated rings. The molecule has 1 amide bonds. The monoisotopic (exact) mass is 231 g/mol. The molecule has 1 aliphatic rings. The Labute approximate surface area is 96.6 Å². The van der Waals surface area contributed by atoms with Gasteiger partial charge in [0.25, 0.3) is 0 Å². The Morgan fingerprint density at radius 2 is 2.12 bits per heavy atom. The topological polar surface area (TPSA) is 48.0 Å². The molecule has 94 valence electrons. The molecule has 1 rings (SSSR count). The molecule has 0 N–H and O–H groups in total. The second-order valence-corrected chi connectivity index (χ2v) is 4.66. The number of carbonyl (C=O) groups excluding carboxylic acids is 1. The Morgan fingerprint density at radius 1 is 1.44 bits per heavy atom. The summed E-state index contributed by atoms with van der Waals surface area (Å²) in [6, 6.07) is 0. The highest BCUT2D eigenvalue weighted by Crippen LogP contribution is 2.21. The third-order valence-corrected chi connectivity index (χ3v) is 2.45. The van der Waals surface area contributed by atoms with Crippen LogP contribution in [0.4, 0.5) is 0 Å². The molecule has 5 nitrogen and oxygen atoms in total. The zero-order valence-corrected chi connectivity index (χ0v) is 10.5. The SMILES string of the molecule is COCC(=O)N1C[C@@H](COC)OC(C)(C)C1.